The number of amides is 4. The fourth-order valence-electron chi connectivity index (χ4n) is 1.48. The number of hydrogen-bond donors (Lipinski definition) is 4. The minimum absolute atomic E-state index is 0.120. The molecule has 0 aromatic rings. The maximum absolute atomic E-state index is 11.3. The molecule has 0 saturated carbocycles. The first-order valence-electron chi connectivity index (χ1n) is 6.14. The fourth-order valence-corrected chi connectivity index (χ4v) is 1.48. The van der Waals surface area contributed by atoms with E-state index in [9.17, 15) is 19.2 Å². The first-order chi connectivity index (χ1) is 9.08. The van der Waals surface area contributed by atoms with Gasteiger partial charge in [-0.05, 0) is 0 Å². The summed E-state index contributed by atoms with van der Waals surface area (Å²) in [6.07, 6.45) is 0.0244. The summed E-state index contributed by atoms with van der Waals surface area (Å²) in [4.78, 5) is 45.3. The molecule has 19 heavy (non-hydrogen) atoms. The lowest BCUT2D eigenvalue weighted by molar-refractivity contribution is -0.129. The van der Waals surface area contributed by atoms with Gasteiger partial charge in [0, 0.05) is 39.0 Å². The Labute approximate surface area is 110 Å². The van der Waals surface area contributed by atoms with Crippen LogP contribution in [0.4, 0.5) is 0 Å². The Morgan fingerprint density at radius 3 is 1.42 bits per heavy atom. The van der Waals surface area contributed by atoms with Crippen molar-refractivity contribution in [2.75, 3.05) is 26.2 Å². The van der Waals surface area contributed by atoms with Gasteiger partial charge in [-0.3, -0.25) is 19.2 Å². The van der Waals surface area contributed by atoms with Crippen LogP contribution in [0.2, 0.25) is 0 Å². The predicted octanol–water partition coefficient (Wildman–Crippen LogP) is -2.36. The molecular formula is C11H18N4O4. The topological polar surface area (TPSA) is 116 Å². The summed E-state index contributed by atoms with van der Waals surface area (Å²) < 4.78 is 0. The standard InChI is InChI=1S/C11H18N4O4/c16-8-2-4-13-10(18)7-11(19)15-6-5-14-9(17)1-3-12-8/h1-7H2,(H,12,16)(H,13,18)(H,14,17)(H,15,19). The summed E-state index contributed by atoms with van der Waals surface area (Å²) >= 11 is 0. The highest BCUT2D eigenvalue weighted by molar-refractivity contribution is 5.97. The van der Waals surface area contributed by atoms with E-state index in [2.05, 4.69) is 21.3 Å². The second-order valence-corrected chi connectivity index (χ2v) is 4.08. The Balaban J connectivity index is 2.45. The molecule has 1 heterocycles. The highest BCUT2D eigenvalue weighted by Crippen LogP contribution is 1.85. The number of rotatable bonds is 0. The summed E-state index contributed by atoms with van der Waals surface area (Å²) in [6, 6.07) is 0. The van der Waals surface area contributed by atoms with E-state index in [-0.39, 0.29) is 50.7 Å². The van der Waals surface area contributed by atoms with Gasteiger partial charge in [0.15, 0.2) is 0 Å². The first kappa shape index (κ1) is 14.9. The van der Waals surface area contributed by atoms with Gasteiger partial charge in [0.25, 0.3) is 0 Å². The molecule has 0 bridgehead atoms. The average molecular weight is 270 g/mol. The predicted molar refractivity (Wildman–Crippen MR) is 65.9 cm³/mol. The molecule has 106 valence electrons. The smallest absolute Gasteiger partial charge is 0.229 e. The lowest BCUT2D eigenvalue weighted by atomic mass is 10.3. The largest absolute Gasteiger partial charge is 0.356 e. The van der Waals surface area contributed by atoms with E-state index in [0.29, 0.717) is 6.54 Å². The van der Waals surface area contributed by atoms with Gasteiger partial charge in [-0.15, -0.1) is 0 Å². The lowest BCUT2D eigenvalue weighted by Crippen LogP contribution is -2.37. The van der Waals surface area contributed by atoms with Crippen LogP contribution < -0.4 is 21.3 Å². The number of hydrogen-bond acceptors (Lipinski definition) is 4. The summed E-state index contributed by atoms with van der Waals surface area (Å²) in [5, 5.41) is 10.2. The molecule has 1 aliphatic rings. The van der Waals surface area contributed by atoms with E-state index in [0.717, 1.165) is 0 Å². The van der Waals surface area contributed by atoms with Crippen molar-refractivity contribution in [1.29, 1.82) is 0 Å². The lowest BCUT2D eigenvalue weighted by Gasteiger charge is -2.06. The third kappa shape index (κ3) is 7.02. The summed E-state index contributed by atoms with van der Waals surface area (Å²) in [7, 11) is 0. The van der Waals surface area contributed by atoms with Crippen LogP contribution in [0.1, 0.15) is 19.3 Å². The zero-order valence-electron chi connectivity index (χ0n) is 10.6. The van der Waals surface area contributed by atoms with E-state index in [1.165, 1.54) is 0 Å². The van der Waals surface area contributed by atoms with Crippen LogP contribution in [-0.4, -0.2) is 49.8 Å². The SMILES string of the molecule is O=C1CCNC(=O)CCNC(=O)CC(=O)NCCN1. The van der Waals surface area contributed by atoms with Crippen LogP contribution in [0.25, 0.3) is 0 Å². The molecule has 0 unspecified atom stereocenters. The van der Waals surface area contributed by atoms with Crippen LogP contribution in [0.3, 0.4) is 0 Å². The molecule has 1 fully saturated rings. The third-order valence-electron chi connectivity index (χ3n) is 2.44. The number of carbonyl (C=O) groups is 4. The van der Waals surface area contributed by atoms with Gasteiger partial charge in [0.2, 0.25) is 23.6 Å². The van der Waals surface area contributed by atoms with Gasteiger partial charge in [-0.1, -0.05) is 0 Å². The molecule has 8 heteroatoms. The molecule has 1 saturated heterocycles. The Morgan fingerprint density at radius 1 is 0.526 bits per heavy atom. The molecule has 0 aromatic heterocycles. The Hall–Kier alpha value is -2.12. The molecule has 4 N–H and O–H groups in total. The van der Waals surface area contributed by atoms with Crippen LogP contribution in [0, 0.1) is 0 Å². The van der Waals surface area contributed by atoms with Crippen molar-refractivity contribution in [2.45, 2.75) is 19.3 Å². The molecule has 4 amide bonds. The molecule has 8 nitrogen and oxygen atoms in total. The highest BCUT2D eigenvalue weighted by atomic mass is 16.2. The van der Waals surface area contributed by atoms with Crippen molar-refractivity contribution in [3.8, 4) is 0 Å². The van der Waals surface area contributed by atoms with Crippen LogP contribution in [-0.2, 0) is 19.2 Å². The van der Waals surface area contributed by atoms with E-state index in [1.54, 1.807) is 0 Å². The monoisotopic (exact) mass is 270 g/mol. The van der Waals surface area contributed by atoms with Crippen molar-refractivity contribution < 1.29 is 19.2 Å². The second kappa shape index (κ2) is 8.06. The van der Waals surface area contributed by atoms with Gasteiger partial charge in [-0.25, -0.2) is 0 Å². The van der Waals surface area contributed by atoms with E-state index in [1.807, 2.05) is 0 Å². The maximum Gasteiger partial charge on any atom is 0.229 e. The third-order valence-corrected chi connectivity index (χ3v) is 2.44. The summed E-state index contributed by atoms with van der Waals surface area (Å²) in [5.41, 5.74) is 0. The second-order valence-electron chi connectivity index (χ2n) is 4.08. The fraction of sp³-hybridized carbons (Fsp3) is 0.636. The van der Waals surface area contributed by atoms with Gasteiger partial charge < -0.3 is 21.3 Å². The minimum atomic E-state index is -0.427. The normalized spacial score (nSPS) is 20.2. The summed E-state index contributed by atoms with van der Waals surface area (Å²) in [5.74, 6) is -1.28. The number of nitrogens with one attached hydrogen (secondary N) is 4. The van der Waals surface area contributed by atoms with Crippen molar-refractivity contribution in [3.63, 3.8) is 0 Å². The van der Waals surface area contributed by atoms with Crippen molar-refractivity contribution in [1.82, 2.24) is 21.3 Å². The van der Waals surface area contributed by atoms with Crippen LogP contribution in [0.15, 0.2) is 0 Å². The molecule has 0 radical (unpaired) electrons. The molecule has 1 rings (SSSR count). The quantitative estimate of drug-likeness (QED) is 0.368. The van der Waals surface area contributed by atoms with Crippen molar-refractivity contribution >= 4 is 23.6 Å². The first-order valence-corrected chi connectivity index (χ1v) is 6.14. The number of carbonyl (C=O) groups excluding carboxylic acids is 4. The van der Waals surface area contributed by atoms with Crippen LogP contribution >= 0.6 is 0 Å². The average Bonchev–Trinajstić information content (AvgIpc) is 2.34. The zero-order chi connectivity index (χ0) is 14.1. The highest BCUT2D eigenvalue weighted by Gasteiger charge is 2.10. The molecular weight excluding hydrogens is 252 g/mol. The zero-order valence-corrected chi connectivity index (χ0v) is 10.6. The van der Waals surface area contributed by atoms with Gasteiger partial charge in [0.05, 0.1) is 0 Å². The maximum atomic E-state index is 11.3. The van der Waals surface area contributed by atoms with E-state index >= 15 is 0 Å². The van der Waals surface area contributed by atoms with E-state index in [4.69, 9.17) is 0 Å². The van der Waals surface area contributed by atoms with Gasteiger partial charge >= 0.3 is 0 Å². The molecule has 0 aromatic carbocycles. The van der Waals surface area contributed by atoms with Gasteiger partial charge in [-0.2, -0.15) is 0 Å². The summed E-state index contributed by atoms with van der Waals surface area (Å²) in [6.45, 7) is 0.986. The van der Waals surface area contributed by atoms with Gasteiger partial charge in [0.1, 0.15) is 6.42 Å². The molecule has 0 aliphatic carbocycles. The molecule has 1 aliphatic heterocycles. The Bertz CT molecular complexity index is 370. The molecule has 0 spiro atoms. The minimum Gasteiger partial charge on any atom is -0.356 e. The Morgan fingerprint density at radius 2 is 0.895 bits per heavy atom. The van der Waals surface area contributed by atoms with Crippen LogP contribution in [0.5, 0.6) is 0 Å². The molecule has 0 atom stereocenters. The Kier molecular flexibility index (Phi) is 6.34. The van der Waals surface area contributed by atoms with E-state index < -0.39 is 11.8 Å². The van der Waals surface area contributed by atoms with Crippen molar-refractivity contribution in [3.05, 3.63) is 0 Å². The van der Waals surface area contributed by atoms with Crippen molar-refractivity contribution in [2.24, 2.45) is 0 Å².